The molecule has 2 aromatic rings. The molecule has 5 heteroatoms. The lowest BCUT2D eigenvalue weighted by atomic mass is 10.3. The van der Waals surface area contributed by atoms with Crippen LogP contribution in [0, 0.1) is 0 Å². The first-order chi connectivity index (χ1) is 8.17. The van der Waals surface area contributed by atoms with Gasteiger partial charge in [-0.15, -0.1) is 0 Å². The summed E-state index contributed by atoms with van der Waals surface area (Å²) in [7, 11) is 1.59. The Hall–Kier alpha value is -1.49. The van der Waals surface area contributed by atoms with Gasteiger partial charge in [0.05, 0.1) is 24.8 Å². The van der Waals surface area contributed by atoms with Crippen molar-refractivity contribution in [2.45, 2.75) is 6.92 Å². The molecule has 0 aromatic carbocycles. The predicted octanol–water partition coefficient (Wildman–Crippen LogP) is 2.89. The third-order valence-electron chi connectivity index (χ3n) is 2.39. The van der Waals surface area contributed by atoms with Crippen molar-refractivity contribution in [3.8, 4) is 5.88 Å². The number of carbonyl (C=O) groups excluding carboxylic acids is 1. The molecule has 0 unspecified atom stereocenters. The summed E-state index contributed by atoms with van der Waals surface area (Å²) in [5, 5.41) is 0. The van der Waals surface area contributed by atoms with Gasteiger partial charge in [0.1, 0.15) is 0 Å². The van der Waals surface area contributed by atoms with Gasteiger partial charge in [-0.1, -0.05) is 0 Å². The van der Waals surface area contributed by atoms with E-state index in [-0.39, 0.29) is 5.97 Å². The SMILES string of the molecule is CCOC(=O)c1cc2c(Br)ccc(OC)n2c1. The summed E-state index contributed by atoms with van der Waals surface area (Å²) < 4.78 is 12.9. The summed E-state index contributed by atoms with van der Waals surface area (Å²) in [5.41, 5.74) is 1.38. The van der Waals surface area contributed by atoms with Crippen LogP contribution in [0.1, 0.15) is 17.3 Å². The van der Waals surface area contributed by atoms with Crippen molar-refractivity contribution in [3.63, 3.8) is 0 Å². The third-order valence-corrected chi connectivity index (χ3v) is 3.07. The number of carbonyl (C=O) groups is 1. The van der Waals surface area contributed by atoms with Crippen LogP contribution in [0.3, 0.4) is 0 Å². The molecule has 17 heavy (non-hydrogen) atoms. The Morgan fingerprint density at radius 1 is 1.47 bits per heavy atom. The highest BCUT2D eigenvalue weighted by Gasteiger charge is 2.13. The Morgan fingerprint density at radius 3 is 2.88 bits per heavy atom. The molecule has 0 fully saturated rings. The third kappa shape index (κ3) is 2.15. The number of ether oxygens (including phenoxy) is 2. The molecule has 2 rings (SSSR count). The highest BCUT2D eigenvalue weighted by Crippen LogP contribution is 2.26. The molecule has 4 nitrogen and oxygen atoms in total. The van der Waals surface area contributed by atoms with Crippen LogP contribution in [-0.4, -0.2) is 24.1 Å². The van der Waals surface area contributed by atoms with Gasteiger partial charge >= 0.3 is 5.97 Å². The zero-order chi connectivity index (χ0) is 12.4. The second-order valence-corrected chi connectivity index (χ2v) is 4.28. The first kappa shape index (κ1) is 12.0. The molecule has 0 radical (unpaired) electrons. The largest absolute Gasteiger partial charge is 0.482 e. The predicted molar refractivity (Wildman–Crippen MR) is 67.6 cm³/mol. The van der Waals surface area contributed by atoms with Gasteiger partial charge in [0.25, 0.3) is 0 Å². The molecule has 0 N–H and O–H groups in total. The van der Waals surface area contributed by atoms with E-state index < -0.39 is 0 Å². The fourth-order valence-electron chi connectivity index (χ4n) is 1.63. The Morgan fingerprint density at radius 2 is 2.24 bits per heavy atom. The second-order valence-electron chi connectivity index (χ2n) is 3.43. The van der Waals surface area contributed by atoms with Crippen LogP contribution in [0.5, 0.6) is 5.88 Å². The van der Waals surface area contributed by atoms with Gasteiger partial charge < -0.3 is 9.47 Å². The molecule has 2 heterocycles. The highest BCUT2D eigenvalue weighted by atomic mass is 79.9. The average molecular weight is 298 g/mol. The molecule has 0 spiro atoms. The molecule has 0 saturated carbocycles. The van der Waals surface area contributed by atoms with E-state index in [4.69, 9.17) is 9.47 Å². The van der Waals surface area contributed by atoms with Crippen LogP contribution in [0.15, 0.2) is 28.9 Å². The number of esters is 1. The van der Waals surface area contributed by atoms with E-state index in [1.807, 2.05) is 12.1 Å². The topological polar surface area (TPSA) is 39.9 Å². The van der Waals surface area contributed by atoms with Crippen LogP contribution in [-0.2, 0) is 4.74 Å². The number of hydrogen-bond donors (Lipinski definition) is 0. The van der Waals surface area contributed by atoms with Crippen molar-refractivity contribution in [1.82, 2.24) is 4.40 Å². The molecule has 0 aliphatic rings. The zero-order valence-electron chi connectivity index (χ0n) is 9.57. The maximum atomic E-state index is 11.6. The summed E-state index contributed by atoms with van der Waals surface area (Å²) in [5.74, 6) is 0.337. The molecule has 0 atom stereocenters. The molecule has 0 aliphatic carbocycles. The van der Waals surface area contributed by atoms with Crippen LogP contribution in [0.25, 0.3) is 5.52 Å². The van der Waals surface area contributed by atoms with E-state index in [1.54, 1.807) is 30.7 Å². The normalized spacial score (nSPS) is 10.5. The Balaban J connectivity index is 2.56. The number of nitrogens with zero attached hydrogens (tertiary/aromatic N) is 1. The van der Waals surface area contributed by atoms with Gasteiger partial charge in [-0.2, -0.15) is 0 Å². The number of rotatable bonds is 3. The number of halogens is 1. The van der Waals surface area contributed by atoms with Crippen molar-refractivity contribution < 1.29 is 14.3 Å². The van der Waals surface area contributed by atoms with Gasteiger partial charge in [0, 0.05) is 10.7 Å². The molecule has 2 aromatic heterocycles. The quantitative estimate of drug-likeness (QED) is 0.818. The van der Waals surface area contributed by atoms with Crippen LogP contribution in [0.2, 0.25) is 0 Å². The summed E-state index contributed by atoms with van der Waals surface area (Å²) >= 11 is 3.43. The first-order valence-corrected chi connectivity index (χ1v) is 5.98. The molecule has 90 valence electrons. The van der Waals surface area contributed by atoms with Gasteiger partial charge in [-0.25, -0.2) is 4.79 Å². The summed E-state index contributed by atoms with van der Waals surface area (Å²) in [6.07, 6.45) is 1.71. The molecular formula is C12H12BrNO3. The Labute approximate surface area is 107 Å². The molecular weight excluding hydrogens is 286 g/mol. The van der Waals surface area contributed by atoms with Gasteiger partial charge in [0.2, 0.25) is 0 Å². The second kappa shape index (κ2) is 4.79. The minimum absolute atomic E-state index is 0.329. The zero-order valence-corrected chi connectivity index (χ0v) is 11.2. The van der Waals surface area contributed by atoms with Crippen molar-refractivity contribution >= 4 is 27.4 Å². The van der Waals surface area contributed by atoms with Crippen LogP contribution in [0.4, 0.5) is 0 Å². The van der Waals surface area contributed by atoms with Crippen molar-refractivity contribution in [2.75, 3.05) is 13.7 Å². The fraction of sp³-hybridized carbons (Fsp3) is 0.250. The lowest BCUT2D eigenvalue weighted by molar-refractivity contribution is 0.0526. The number of aromatic nitrogens is 1. The van der Waals surface area contributed by atoms with Crippen molar-refractivity contribution in [3.05, 3.63) is 34.4 Å². The maximum absolute atomic E-state index is 11.6. The number of methoxy groups -OCH3 is 1. The lowest BCUT2D eigenvalue weighted by Gasteiger charge is -2.04. The van der Waals surface area contributed by atoms with E-state index >= 15 is 0 Å². The standard InChI is InChI=1S/C12H12BrNO3/c1-3-17-12(15)8-6-10-9(13)4-5-11(16-2)14(10)7-8/h4-7H,3H2,1-2H3. The highest BCUT2D eigenvalue weighted by molar-refractivity contribution is 9.10. The van der Waals surface area contributed by atoms with E-state index in [9.17, 15) is 4.79 Å². The number of pyridine rings is 1. The summed E-state index contributed by atoms with van der Waals surface area (Å²) in [4.78, 5) is 11.6. The summed E-state index contributed by atoms with van der Waals surface area (Å²) in [6.45, 7) is 2.15. The van der Waals surface area contributed by atoms with Crippen molar-refractivity contribution in [1.29, 1.82) is 0 Å². The van der Waals surface area contributed by atoms with Crippen LogP contribution < -0.4 is 4.74 Å². The number of hydrogen-bond acceptors (Lipinski definition) is 3. The minimum atomic E-state index is -0.329. The minimum Gasteiger partial charge on any atom is -0.482 e. The van der Waals surface area contributed by atoms with Crippen molar-refractivity contribution in [2.24, 2.45) is 0 Å². The lowest BCUT2D eigenvalue weighted by Crippen LogP contribution is -2.02. The Kier molecular flexibility index (Phi) is 3.38. The Bertz CT molecular complexity index is 562. The monoisotopic (exact) mass is 297 g/mol. The van der Waals surface area contributed by atoms with E-state index in [2.05, 4.69) is 15.9 Å². The first-order valence-electron chi connectivity index (χ1n) is 5.19. The molecule has 0 saturated heterocycles. The van der Waals surface area contributed by atoms with Gasteiger partial charge in [-0.05, 0) is 41.1 Å². The average Bonchev–Trinajstić information content (AvgIpc) is 2.76. The maximum Gasteiger partial charge on any atom is 0.339 e. The van der Waals surface area contributed by atoms with Crippen LogP contribution >= 0.6 is 15.9 Å². The van der Waals surface area contributed by atoms with Gasteiger partial charge in [-0.3, -0.25) is 4.40 Å². The summed E-state index contributed by atoms with van der Waals surface area (Å²) in [6, 6.07) is 5.47. The fourth-order valence-corrected chi connectivity index (χ4v) is 2.07. The van der Waals surface area contributed by atoms with Gasteiger partial charge in [0.15, 0.2) is 5.88 Å². The molecule has 0 aliphatic heterocycles. The molecule has 0 amide bonds. The number of fused-ring (bicyclic) bond motifs is 1. The van der Waals surface area contributed by atoms with E-state index in [1.165, 1.54) is 0 Å². The smallest absolute Gasteiger partial charge is 0.339 e. The molecule has 0 bridgehead atoms. The van der Waals surface area contributed by atoms with E-state index in [0.29, 0.717) is 18.1 Å². The van der Waals surface area contributed by atoms with E-state index in [0.717, 1.165) is 9.99 Å².